The molecule has 0 amide bonds. The van der Waals surface area contributed by atoms with Crippen LogP contribution in [0.5, 0.6) is 0 Å². The summed E-state index contributed by atoms with van der Waals surface area (Å²) in [5.41, 5.74) is 5.34. The van der Waals surface area contributed by atoms with Crippen molar-refractivity contribution in [1.82, 2.24) is 15.2 Å². The molecule has 4 heteroatoms. The Kier molecular flexibility index (Phi) is 0.977. The number of rotatable bonds is 1. The van der Waals surface area contributed by atoms with E-state index in [2.05, 4.69) is 22.1 Å². The number of anilines is 1. The zero-order valence-electron chi connectivity index (χ0n) is 5.83. The Balaban J connectivity index is 2.20. The lowest BCUT2D eigenvalue weighted by molar-refractivity contribution is 0.848. The monoisotopic (exact) mass is 138 g/mol. The van der Waals surface area contributed by atoms with Gasteiger partial charge in [0.15, 0.2) is 0 Å². The molecule has 1 fully saturated rings. The van der Waals surface area contributed by atoms with Crippen LogP contribution in [0.4, 0.5) is 5.95 Å². The van der Waals surface area contributed by atoms with E-state index in [4.69, 9.17) is 5.73 Å². The van der Waals surface area contributed by atoms with Gasteiger partial charge >= 0.3 is 0 Å². The average Bonchev–Trinajstić information content (AvgIpc) is 2.42. The summed E-state index contributed by atoms with van der Waals surface area (Å²) in [5, 5.41) is 6.57. The molecule has 0 bridgehead atoms. The molecule has 0 aliphatic heterocycles. The summed E-state index contributed by atoms with van der Waals surface area (Å²) in [5.74, 6) is 2.65. The number of nitrogens with one attached hydrogen (secondary N) is 1. The number of hydrogen-bond donors (Lipinski definition) is 2. The van der Waals surface area contributed by atoms with Gasteiger partial charge in [-0.3, -0.25) is 5.10 Å². The van der Waals surface area contributed by atoms with Gasteiger partial charge in [0.2, 0.25) is 5.95 Å². The minimum atomic E-state index is 0.356. The molecule has 2 atom stereocenters. The largest absolute Gasteiger partial charge is 0.367 e. The van der Waals surface area contributed by atoms with Crippen LogP contribution in [0.1, 0.15) is 25.1 Å². The molecule has 0 radical (unpaired) electrons. The highest BCUT2D eigenvalue weighted by atomic mass is 15.3. The van der Waals surface area contributed by atoms with Crippen molar-refractivity contribution in [3.8, 4) is 0 Å². The zero-order chi connectivity index (χ0) is 7.14. The van der Waals surface area contributed by atoms with Gasteiger partial charge < -0.3 is 5.73 Å². The van der Waals surface area contributed by atoms with Gasteiger partial charge in [-0.05, 0) is 12.3 Å². The van der Waals surface area contributed by atoms with Crippen molar-refractivity contribution in [2.24, 2.45) is 5.92 Å². The van der Waals surface area contributed by atoms with E-state index in [0.29, 0.717) is 11.9 Å². The van der Waals surface area contributed by atoms with Crippen molar-refractivity contribution in [2.45, 2.75) is 19.3 Å². The highest BCUT2D eigenvalue weighted by Crippen LogP contribution is 2.45. The number of nitrogens with two attached hydrogens (primary N) is 1. The van der Waals surface area contributed by atoms with Crippen LogP contribution in [-0.2, 0) is 0 Å². The Morgan fingerprint density at radius 1 is 1.70 bits per heavy atom. The molecule has 1 aromatic heterocycles. The number of H-pyrrole nitrogens is 1. The average molecular weight is 138 g/mol. The van der Waals surface area contributed by atoms with Crippen LogP contribution in [0.3, 0.4) is 0 Å². The maximum Gasteiger partial charge on any atom is 0.239 e. The summed E-state index contributed by atoms with van der Waals surface area (Å²) in [6.45, 7) is 2.20. The van der Waals surface area contributed by atoms with Crippen LogP contribution < -0.4 is 5.73 Å². The van der Waals surface area contributed by atoms with Crippen LogP contribution in [0, 0.1) is 5.92 Å². The highest BCUT2D eigenvalue weighted by molar-refractivity contribution is 5.18. The zero-order valence-corrected chi connectivity index (χ0v) is 5.83. The molecule has 10 heavy (non-hydrogen) atoms. The lowest BCUT2D eigenvalue weighted by Crippen LogP contribution is -1.86. The second-order valence-electron chi connectivity index (χ2n) is 2.90. The van der Waals surface area contributed by atoms with Crippen molar-refractivity contribution in [3.63, 3.8) is 0 Å². The smallest absolute Gasteiger partial charge is 0.239 e. The maximum absolute atomic E-state index is 5.34. The van der Waals surface area contributed by atoms with Gasteiger partial charge in [0.05, 0.1) is 0 Å². The van der Waals surface area contributed by atoms with Gasteiger partial charge in [-0.2, -0.15) is 4.98 Å². The van der Waals surface area contributed by atoms with Gasteiger partial charge in [0.1, 0.15) is 5.82 Å². The lowest BCUT2D eigenvalue weighted by Gasteiger charge is -1.84. The van der Waals surface area contributed by atoms with Crippen LogP contribution >= 0.6 is 0 Å². The molecule has 1 aliphatic carbocycles. The second-order valence-corrected chi connectivity index (χ2v) is 2.90. The van der Waals surface area contributed by atoms with E-state index in [0.717, 1.165) is 11.7 Å². The Labute approximate surface area is 58.8 Å². The molecule has 1 saturated carbocycles. The molecule has 1 aliphatic rings. The molecular formula is C6H10N4. The molecule has 1 heterocycles. The molecule has 3 N–H and O–H groups in total. The van der Waals surface area contributed by atoms with E-state index in [1.165, 1.54) is 6.42 Å². The minimum Gasteiger partial charge on any atom is -0.367 e. The van der Waals surface area contributed by atoms with E-state index < -0.39 is 0 Å². The van der Waals surface area contributed by atoms with E-state index in [-0.39, 0.29) is 0 Å². The van der Waals surface area contributed by atoms with Crippen molar-refractivity contribution in [3.05, 3.63) is 5.82 Å². The molecular weight excluding hydrogens is 128 g/mol. The van der Waals surface area contributed by atoms with Crippen molar-refractivity contribution >= 4 is 5.95 Å². The molecule has 2 rings (SSSR count). The first-order valence-corrected chi connectivity index (χ1v) is 3.45. The van der Waals surface area contributed by atoms with Gasteiger partial charge in [0.25, 0.3) is 0 Å². The van der Waals surface area contributed by atoms with Gasteiger partial charge in [-0.1, -0.05) is 6.92 Å². The minimum absolute atomic E-state index is 0.356. The van der Waals surface area contributed by atoms with Crippen molar-refractivity contribution in [2.75, 3.05) is 5.73 Å². The predicted octanol–water partition coefficient (Wildman–Crippen LogP) is 0.510. The number of nitrogen functional groups attached to an aromatic ring is 1. The van der Waals surface area contributed by atoms with Crippen LogP contribution in [-0.4, -0.2) is 15.2 Å². The van der Waals surface area contributed by atoms with Gasteiger partial charge in [0, 0.05) is 5.92 Å². The summed E-state index contributed by atoms with van der Waals surface area (Å²) >= 11 is 0. The highest BCUT2D eigenvalue weighted by Gasteiger charge is 2.36. The third kappa shape index (κ3) is 0.761. The lowest BCUT2D eigenvalue weighted by atomic mass is 10.3. The third-order valence-corrected chi connectivity index (χ3v) is 1.98. The first-order valence-electron chi connectivity index (χ1n) is 3.45. The van der Waals surface area contributed by atoms with E-state index in [1.54, 1.807) is 0 Å². The second kappa shape index (κ2) is 1.71. The molecule has 4 nitrogen and oxygen atoms in total. The van der Waals surface area contributed by atoms with Gasteiger partial charge in [-0.25, -0.2) is 0 Å². The van der Waals surface area contributed by atoms with Gasteiger partial charge in [-0.15, -0.1) is 5.10 Å². The summed E-state index contributed by atoms with van der Waals surface area (Å²) in [7, 11) is 0. The van der Waals surface area contributed by atoms with Crippen LogP contribution in [0.25, 0.3) is 0 Å². The van der Waals surface area contributed by atoms with Crippen molar-refractivity contribution in [1.29, 1.82) is 0 Å². The SMILES string of the molecule is CC1CC1c1nc(N)n[nH]1. The summed E-state index contributed by atoms with van der Waals surface area (Å²) in [4.78, 5) is 4.03. The molecule has 2 unspecified atom stereocenters. The molecule has 1 aromatic rings. The Morgan fingerprint density at radius 3 is 2.80 bits per heavy atom. The summed E-state index contributed by atoms with van der Waals surface area (Å²) in [6.07, 6.45) is 1.22. The Hall–Kier alpha value is -1.06. The van der Waals surface area contributed by atoms with Crippen LogP contribution in [0.2, 0.25) is 0 Å². The number of hydrogen-bond acceptors (Lipinski definition) is 3. The summed E-state index contributed by atoms with van der Waals surface area (Å²) in [6, 6.07) is 0. The first kappa shape index (κ1) is 5.70. The van der Waals surface area contributed by atoms with Crippen molar-refractivity contribution < 1.29 is 0 Å². The molecule has 0 spiro atoms. The number of aromatic nitrogens is 3. The normalized spacial score (nSPS) is 30.5. The maximum atomic E-state index is 5.34. The molecule has 0 aromatic carbocycles. The summed E-state index contributed by atoms with van der Waals surface area (Å²) < 4.78 is 0. The van der Waals surface area contributed by atoms with E-state index >= 15 is 0 Å². The number of aromatic amines is 1. The fourth-order valence-corrected chi connectivity index (χ4v) is 1.16. The van der Waals surface area contributed by atoms with E-state index in [9.17, 15) is 0 Å². The fourth-order valence-electron chi connectivity index (χ4n) is 1.16. The predicted molar refractivity (Wildman–Crippen MR) is 37.3 cm³/mol. The third-order valence-electron chi connectivity index (χ3n) is 1.98. The Bertz CT molecular complexity index is 242. The number of nitrogens with zero attached hydrogens (tertiary/aromatic N) is 2. The molecule has 0 saturated heterocycles. The van der Waals surface area contributed by atoms with E-state index in [1.807, 2.05) is 0 Å². The first-order chi connectivity index (χ1) is 4.77. The standard InChI is InChI=1S/C6H10N4/c1-3-2-4(3)5-8-6(7)10-9-5/h3-4H,2H2,1H3,(H3,7,8,9,10). The van der Waals surface area contributed by atoms with Crippen LogP contribution in [0.15, 0.2) is 0 Å². The quantitative estimate of drug-likeness (QED) is 0.594. The Morgan fingerprint density at radius 2 is 2.40 bits per heavy atom. The fraction of sp³-hybridized carbons (Fsp3) is 0.667. The topological polar surface area (TPSA) is 67.6 Å². The molecule has 54 valence electrons.